The number of amides is 2. The lowest BCUT2D eigenvalue weighted by atomic mass is 9.90. The van der Waals surface area contributed by atoms with Crippen LogP contribution in [0.1, 0.15) is 47.0 Å². The molecule has 20 heavy (non-hydrogen) atoms. The maximum absolute atomic E-state index is 12.2. The summed E-state index contributed by atoms with van der Waals surface area (Å²) in [6.45, 7) is 9.54. The quantitative estimate of drug-likeness (QED) is 0.843. The molecule has 1 heterocycles. The normalized spacial score (nSPS) is 22.8. The zero-order valence-corrected chi connectivity index (χ0v) is 13.1. The van der Waals surface area contributed by atoms with E-state index in [4.69, 9.17) is 4.74 Å². The van der Waals surface area contributed by atoms with E-state index >= 15 is 0 Å². The molecule has 2 unspecified atom stereocenters. The first-order valence-corrected chi connectivity index (χ1v) is 7.69. The van der Waals surface area contributed by atoms with E-state index < -0.39 is 0 Å². The first kappa shape index (κ1) is 16.8. The number of hydrogen-bond acceptors (Lipinski definition) is 3. The summed E-state index contributed by atoms with van der Waals surface area (Å²) in [7, 11) is 0. The summed E-state index contributed by atoms with van der Waals surface area (Å²) < 4.78 is 4.93. The van der Waals surface area contributed by atoms with Crippen molar-refractivity contribution in [3.8, 4) is 0 Å². The van der Waals surface area contributed by atoms with Crippen LogP contribution in [0, 0.1) is 11.8 Å². The zero-order chi connectivity index (χ0) is 15.1. The predicted molar refractivity (Wildman–Crippen MR) is 78.4 cm³/mol. The second-order valence-electron chi connectivity index (χ2n) is 5.85. The van der Waals surface area contributed by atoms with Gasteiger partial charge in [-0.15, -0.1) is 0 Å². The molecule has 1 N–H and O–H groups in total. The molecule has 116 valence electrons. The number of piperidine rings is 1. The minimum atomic E-state index is -0.383. The number of carbonyl (C=O) groups excluding carboxylic acids is 2. The molecule has 5 heteroatoms. The molecule has 0 spiro atoms. The summed E-state index contributed by atoms with van der Waals surface area (Å²) >= 11 is 0. The van der Waals surface area contributed by atoms with Crippen molar-refractivity contribution in [2.45, 2.75) is 53.0 Å². The SMILES string of the molecule is CCCC1CC(NC(=O)OCC)CN(C(=O)C(C)C)C1. The van der Waals surface area contributed by atoms with Gasteiger partial charge in [0.2, 0.25) is 5.91 Å². The Kier molecular flexibility index (Phi) is 6.82. The molecule has 0 aromatic heterocycles. The van der Waals surface area contributed by atoms with Crippen LogP contribution in [0.4, 0.5) is 4.79 Å². The van der Waals surface area contributed by atoms with Gasteiger partial charge in [0, 0.05) is 19.0 Å². The van der Waals surface area contributed by atoms with Crippen LogP contribution in [-0.2, 0) is 9.53 Å². The van der Waals surface area contributed by atoms with Gasteiger partial charge in [-0.25, -0.2) is 4.79 Å². The van der Waals surface area contributed by atoms with Gasteiger partial charge in [0.1, 0.15) is 0 Å². The van der Waals surface area contributed by atoms with Crippen LogP contribution < -0.4 is 5.32 Å². The molecule has 1 fully saturated rings. The number of nitrogens with zero attached hydrogens (tertiary/aromatic N) is 1. The monoisotopic (exact) mass is 284 g/mol. The van der Waals surface area contributed by atoms with Crippen LogP contribution in [0.2, 0.25) is 0 Å². The molecule has 1 rings (SSSR count). The molecule has 0 saturated carbocycles. The number of likely N-dealkylation sites (tertiary alicyclic amines) is 1. The van der Waals surface area contributed by atoms with Crippen molar-refractivity contribution in [3.05, 3.63) is 0 Å². The summed E-state index contributed by atoms with van der Waals surface area (Å²) in [6, 6.07) is 0.00190. The molecule has 0 bridgehead atoms. The van der Waals surface area contributed by atoms with Gasteiger partial charge in [0.05, 0.1) is 12.6 Å². The van der Waals surface area contributed by atoms with Crippen molar-refractivity contribution in [2.24, 2.45) is 11.8 Å². The van der Waals surface area contributed by atoms with E-state index in [0.29, 0.717) is 19.1 Å². The van der Waals surface area contributed by atoms with Crippen molar-refractivity contribution in [3.63, 3.8) is 0 Å². The van der Waals surface area contributed by atoms with Crippen molar-refractivity contribution in [2.75, 3.05) is 19.7 Å². The highest BCUT2D eigenvalue weighted by Gasteiger charge is 2.31. The number of alkyl carbamates (subject to hydrolysis) is 1. The summed E-state index contributed by atoms with van der Waals surface area (Å²) in [5.74, 6) is 0.628. The predicted octanol–water partition coefficient (Wildman–Crippen LogP) is 2.41. The number of ether oxygens (including phenoxy) is 1. The first-order valence-electron chi connectivity index (χ1n) is 7.69. The molecule has 0 aromatic carbocycles. The number of rotatable bonds is 5. The average molecular weight is 284 g/mol. The van der Waals surface area contributed by atoms with Gasteiger partial charge in [0.15, 0.2) is 0 Å². The van der Waals surface area contributed by atoms with Crippen molar-refractivity contribution < 1.29 is 14.3 Å². The minimum absolute atomic E-state index is 0.00128. The highest BCUT2D eigenvalue weighted by Crippen LogP contribution is 2.22. The molecular weight excluding hydrogens is 256 g/mol. The van der Waals surface area contributed by atoms with Gasteiger partial charge < -0.3 is 15.0 Å². The molecule has 1 aliphatic heterocycles. The van der Waals surface area contributed by atoms with Crippen LogP contribution >= 0.6 is 0 Å². The fraction of sp³-hybridized carbons (Fsp3) is 0.867. The van der Waals surface area contributed by atoms with Crippen molar-refractivity contribution >= 4 is 12.0 Å². The van der Waals surface area contributed by atoms with Crippen LogP contribution in [0.15, 0.2) is 0 Å². The molecule has 0 aliphatic carbocycles. The van der Waals surface area contributed by atoms with Crippen LogP contribution in [0.25, 0.3) is 0 Å². The average Bonchev–Trinajstić information content (AvgIpc) is 2.38. The van der Waals surface area contributed by atoms with Crippen molar-refractivity contribution in [1.82, 2.24) is 10.2 Å². The smallest absolute Gasteiger partial charge is 0.407 e. The minimum Gasteiger partial charge on any atom is -0.450 e. The summed E-state index contributed by atoms with van der Waals surface area (Å²) in [5.41, 5.74) is 0. The Morgan fingerprint density at radius 3 is 2.55 bits per heavy atom. The van der Waals surface area contributed by atoms with Gasteiger partial charge in [-0.3, -0.25) is 4.79 Å². The Morgan fingerprint density at radius 1 is 1.30 bits per heavy atom. The summed E-state index contributed by atoms with van der Waals surface area (Å²) in [4.78, 5) is 25.6. The number of nitrogens with one attached hydrogen (secondary N) is 1. The van der Waals surface area contributed by atoms with E-state index in [9.17, 15) is 9.59 Å². The fourth-order valence-electron chi connectivity index (χ4n) is 2.81. The molecule has 5 nitrogen and oxygen atoms in total. The lowest BCUT2D eigenvalue weighted by molar-refractivity contribution is -0.136. The van der Waals surface area contributed by atoms with Crippen LogP contribution in [-0.4, -0.2) is 42.6 Å². The fourth-order valence-corrected chi connectivity index (χ4v) is 2.81. The van der Waals surface area contributed by atoms with Gasteiger partial charge in [0.25, 0.3) is 0 Å². The van der Waals surface area contributed by atoms with E-state index in [1.807, 2.05) is 18.7 Å². The van der Waals surface area contributed by atoms with Gasteiger partial charge in [-0.05, 0) is 25.7 Å². The van der Waals surface area contributed by atoms with Gasteiger partial charge >= 0.3 is 6.09 Å². The second-order valence-corrected chi connectivity index (χ2v) is 5.85. The Morgan fingerprint density at radius 2 is 2.00 bits per heavy atom. The largest absolute Gasteiger partial charge is 0.450 e. The van der Waals surface area contributed by atoms with Gasteiger partial charge in [-0.1, -0.05) is 27.2 Å². The molecular formula is C15H28N2O3. The highest BCUT2D eigenvalue weighted by molar-refractivity contribution is 5.78. The summed E-state index contributed by atoms with van der Waals surface area (Å²) in [5, 5.41) is 2.88. The molecule has 2 amide bonds. The highest BCUT2D eigenvalue weighted by atomic mass is 16.5. The molecule has 0 radical (unpaired) electrons. The topological polar surface area (TPSA) is 58.6 Å². The molecule has 1 aliphatic rings. The number of hydrogen-bond donors (Lipinski definition) is 1. The van der Waals surface area contributed by atoms with E-state index in [2.05, 4.69) is 12.2 Å². The third-order valence-corrected chi connectivity index (χ3v) is 3.64. The Labute approximate surface area is 122 Å². The summed E-state index contributed by atoms with van der Waals surface area (Å²) in [6.07, 6.45) is 2.73. The van der Waals surface area contributed by atoms with E-state index in [1.165, 1.54) is 0 Å². The Bertz CT molecular complexity index is 331. The van der Waals surface area contributed by atoms with Crippen LogP contribution in [0.3, 0.4) is 0 Å². The standard InChI is InChI=1S/C15H28N2O3/c1-5-7-12-8-13(16-15(19)20-6-2)10-17(9-12)14(18)11(3)4/h11-13H,5-10H2,1-4H3,(H,16,19). The zero-order valence-electron chi connectivity index (χ0n) is 13.1. The molecule has 1 saturated heterocycles. The first-order chi connectivity index (χ1) is 9.47. The van der Waals surface area contributed by atoms with Crippen LogP contribution in [0.5, 0.6) is 0 Å². The van der Waals surface area contributed by atoms with E-state index in [-0.39, 0.29) is 24.0 Å². The Hall–Kier alpha value is -1.26. The third kappa shape index (κ3) is 5.02. The third-order valence-electron chi connectivity index (χ3n) is 3.64. The van der Waals surface area contributed by atoms with Gasteiger partial charge in [-0.2, -0.15) is 0 Å². The maximum atomic E-state index is 12.2. The molecule has 2 atom stereocenters. The molecule has 0 aromatic rings. The number of carbonyl (C=O) groups is 2. The maximum Gasteiger partial charge on any atom is 0.407 e. The van der Waals surface area contributed by atoms with E-state index in [0.717, 1.165) is 25.8 Å². The lowest BCUT2D eigenvalue weighted by Gasteiger charge is -2.38. The Balaban J connectivity index is 2.65. The second kappa shape index (κ2) is 8.12. The van der Waals surface area contributed by atoms with E-state index in [1.54, 1.807) is 6.92 Å². The van der Waals surface area contributed by atoms with Crippen molar-refractivity contribution in [1.29, 1.82) is 0 Å². The lowest BCUT2D eigenvalue weighted by Crippen LogP contribution is -2.53.